The number of carbonyl (C=O) groups is 1. The van der Waals surface area contributed by atoms with Gasteiger partial charge in [-0.05, 0) is 64.7 Å². The Morgan fingerprint density at radius 3 is 2.57 bits per heavy atom. The van der Waals surface area contributed by atoms with Gasteiger partial charge in [-0.2, -0.15) is 0 Å². The van der Waals surface area contributed by atoms with E-state index in [1.165, 1.54) is 6.42 Å². The van der Waals surface area contributed by atoms with Crippen molar-refractivity contribution in [1.29, 1.82) is 0 Å². The summed E-state index contributed by atoms with van der Waals surface area (Å²) in [6.45, 7) is 8.27. The van der Waals surface area contributed by atoms with Crippen LogP contribution < -0.4 is 0 Å². The Labute approximate surface area is 125 Å². The van der Waals surface area contributed by atoms with Crippen LogP contribution in [0.5, 0.6) is 0 Å². The van der Waals surface area contributed by atoms with Crippen molar-refractivity contribution in [2.24, 2.45) is 0 Å². The molecule has 2 atom stereocenters. The highest BCUT2D eigenvalue weighted by Gasteiger charge is 2.32. The molecule has 2 unspecified atom stereocenters. The lowest BCUT2D eigenvalue weighted by atomic mass is 9.97. The summed E-state index contributed by atoms with van der Waals surface area (Å²) in [5, 5.41) is 0. The highest BCUT2D eigenvalue weighted by Crippen LogP contribution is 2.26. The van der Waals surface area contributed by atoms with Crippen LogP contribution in [-0.4, -0.2) is 32.3 Å². The Morgan fingerprint density at radius 1 is 1.24 bits per heavy atom. The number of carbonyl (C=O) groups excluding carboxylic acids is 1. The Bertz CT molecular complexity index is 679. The zero-order valence-corrected chi connectivity index (χ0v) is 13.3. The van der Waals surface area contributed by atoms with Crippen LogP contribution in [0.3, 0.4) is 0 Å². The van der Waals surface area contributed by atoms with Gasteiger partial charge in [0.1, 0.15) is 11.3 Å². The van der Waals surface area contributed by atoms with Gasteiger partial charge in [-0.15, -0.1) is 0 Å². The molecule has 0 saturated carbocycles. The van der Waals surface area contributed by atoms with Gasteiger partial charge in [-0.1, -0.05) is 0 Å². The largest absolute Gasteiger partial charge is 0.332 e. The number of amides is 1. The van der Waals surface area contributed by atoms with Crippen molar-refractivity contribution in [3.8, 4) is 0 Å². The molecule has 2 aromatic heterocycles. The Hall–Kier alpha value is -1.84. The van der Waals surface area contributed by atoms with Gasteiger partial charge >= 0.3 is 0 Å². The van der Waals surface area contributed by atoms with Gasteiger partial charge < -0.3 is 4.90 Å². The summed E-state index contributed by atoms with van der Waals surface area (Å²) in [6, 6.07) is 4.65. The number of likely N-dealkylation sites (tertiary alicyclic amines) is 1. The second-order valence-electron chi connectivity index (χ2n) is 6.32. The lowest BCUT2D eigenvalue weighted by molar-refractivity contribution is 0.0502. The van der Waals surface area contributed by atoms with Gasteiger partial charge in [0.05, 0.1) is 5.69 Å². The molecule has 1 aliphatic heterocycles. The minimum Gasteiger partial charge on any atom is -0.332 e. The normalized spacial score (nSPS) is 22.8. The quantitative estimate of drug-likeness (QED) is 0.805. The van der Waals surface area contributed by atoms with E-state index in [4.69, 9.17) is 0 Å². The van der Waals surface area contributed by atoms with Crippen molar-refractivity contribution in [3.05, 3.63) is 35.3 Å². The van der Waals surface area contributed by atoms with E-state index in [1.54, 1.807) is 0 Å². The topological polar surface area (TPSA) is 37.6 Å². The Kier molecular flexibility index (Phi) is 3.47. The molecule has 112 valence electrons. The average Bonchev–Trinajstić information content (AvgIpc) is 2.73. The molecule has 3 rings (SSSR count). The number of fused-ring (bicyclic) bond motifs is 1. The van der Waals surface area contributed by atoms with Gasteiger partial charge in [-0.3, -0.25) is 9.20 Å². The number of imidazole rings is 1. The zero-order chi connectivity index (χ0) is 15.1. The molecule has 1 aliphatic rings. The van der Waals surface area contributed by atoms with Gasteiger partial charge in [-0.25, -0.2) is 4.98 Å². The van der Waals surface area contributed by atoms with Crippen LogP contribution >= 0.6 is 0 Å². The van der Waals surface area contributed by atoms with Gasteiger partial charge in [0.15, 0.2) is 0 Å². The predicted molar refractivity (Wildman–Crippen MR) is 83.6 cm³/mol. The fourth-order valence-electron chi connectivity index (χ4n) is 3.47. The lowest BCUT2D eigenvalue weighted by Crippen LogP contribution is -2.48. The molecule has 0 bridgehead atoms. The molecule has 0 aromatic carbocycles. The van der Waals surface area contributed by atoms with Crippen LogP contribution in [-0.2, 0) is 0 Å². The van der Waals surface area contributed by atoms with Crippen LogP contribution in [0.2, 0.25) is 0 Å². The van der Waals surface area contributed by atoms with E-state index >= 15 is 0 Å². The van der Waals surface area contributed by atoms with E-state index in [2.05, 4.69) is 18.8 Å². The number of hydrogen-bond acceptors (Lipinski definition) is 2. The van der Waals surface area contributed by atoms with Crippen molar-refractivity contribution in [1.82, 2.24) is 14.3 Å². The van der Waals surface area contributed by atoms with Crippen LogP contribution in [0.1, 0.15) is 54.9 Å². The second-order valence-corrected chi connectivity index (χ2v) is 6.32. The van der Waals surface area contributed by atoms with E-state index in [-0.39, 0.29) is 5.91 Å². The highest BCUT2D eigenvalue weighted by atomic mass is 16.2. The van der Waals surface area contributed by atoms with E-state index in [0.29, 0.717) is 17.8 Å². The highest BCUT2D eigenvalue weighted by molar-refractivity contribution is 5.95. The molecular formula is C17H23N3O. The third-order valence-corrected chi connectivity index (χ3v) is 4.59. The summed E-state index contributed by atoms with van der Waals surface area (Å²) in [7, 11) is 0. The first-order valence-electron chi connectivity index (χ1n) is 7.77. The Morgan fingerprint density at radius 2 is 1.90 bits per heavy atom. The molecule has 1 amide bonds. The van der Waals surface area contributed by atoms with E-state index in [9.17, 15) is 4.79 Å². The number of aromatic nitrogens is 2. The van der Waals surface area contributed by atoms with Crippen molar-refractivity contribution in [2.45, 2.75) is 59.0 Å². The van der Waals surface area contributed by atoms with Crippen LogP contribution in [0.25, 0.3) is 5.65 Å². The first kappa shape index (κ1) is 14.1. The molecule has 4 heteroatoms. The summed E-state index contributed by atoms with van der Waals surface area (Å²) >= 11 is 0. The molecule has 3 heterocycles. The molecule has 21 heavy (non-hydrogen) atoms. The van der Waals surface area contributed by atoms with Crippen LogP contribution in [0.15, 0.2) is 18.3 Å². The molecule has 0 aliphatic carbocycles. The molecule has 0 N–H and O–H groups in total. The second kappa shape index (κ2) is 5.17. The number of nitrogens with zero attached hydrogens (tertiary/aromatic N) is 3. The molecule has 2 aromatic rings. The fraction of sp³-hybridized carbons (Fsp3) is 0.529. The zero-order valence-electron chi connectivity index (χ0n) is 13.3. The maximum atomic E-state index is 13.1. The summed E-state index contributed by atoms with van der Waals surface area (Å²) in [4.78, 5) is 19.7. The number of hydrogen-bond donors (Lipinski definition) is 0. The summed E-state index contributed by atoms with van der Waals surface area (Å²) < 4.78 is 1.93. The van der Waals surface area contributed by atoms with Gasteiger partial charge in [0.25, 0.3) is 5.91 Å². The first-order valence-corrected chi connectivity index (χ1v) is 7.77. The maximum absolute atomic E-state index is 13.1. The number of pyridine rings is 1. The standard InChI is InChI=1S/C17H23N3O/c1-11-8-9-19-15(10-11)18-14(4)16(19)17(21)20-12(2)6-5-7-13(20)3/h8-10,12-13H,5-7H2,1-4H3. The smallest absolute Gasteiger partial charge is 0.273 e. The third kappa shape index (κ3) is 2.33. The van der Waals surface area contributed by atoms with Crippen LogP contribution in [0, 0.1) is 13.8 Å². The number of aryl methyl sites for hydroxylation is 2. The minimum absolute atomic E-state index is 0.114. The van der Waals surface area contributed by atoms with E-state index in [0.717, 1.165) is 29.7 Å². The summed E-state index contributed by atoms with van der Waals surface area (Å²) in [5.41, 5.74) is 3.54. The Balaban J connectivity index is 2.07. The van der Waals surface area contributed by atoms with Crippen LogP contribution in [0.4, 0.5) is 0 Å². The fourth-order valence-corrected chi connectivity index (χ4v) is 3.47. The molecule has 0 radical (unpaired) electrons. The minimum atomic E-state index is 0.114. The van der Waals surface area contributed by atoms with Crippen molar-refractivity contribution in [2.75, 3.05) is 0 Å². The monoisotopic (exact) mass is 285 g/mol. The molecule has 1 fully saturated rings. The number of piperidine rings is 1. The van der Waals surface area contributed by atoms with Crippen molar-refractivity contribution in [3.63, 3.8) is 0 Å². The van der Waals surface area contributed by atoms with Crippen molar-refractivity contribution < 1.29 is 4.79 Å². The third-order valence-electron chi connectivity index (χ3n) is 4.59. The van der Waals surface area contributed by atoms with E-state index < -0.39 is 0 Å². The molecule has 0 spiro atoms. The summed E-state index contributed by atoms with van der Waals surface area (Å²) in [5.74, 6) is 0.114. The van der Waals surface area contributed by atoms with Crippen molar-refractivity contribution >= 4 is 11.6 Å². The van der Waals surface area contributed by atoms with Gasteiger partial charge in [0.2, 0.25) is 0 Å². The first-order chi connectivity index (χ1) is 9.99. The molecule has 1 saturated heterocycles. The maximum Gasteiger partial charge on any atom is 0.273 e. The van der Waals surface area contributed by atoms with E-state index in [1.807, 2.05) is 41.5 Å². The summed E-state index contributed by atoms with van der Waals surface area (Å²) in [6.07, 6.45) is 5.34. The average molecular weight is 285 g/mol. The lowest BCUT2D eigenvalue weighted by Gasteiger charge is -2.39. The SMILES string of the molecule is Cc1ccn2c(C(=O)N3C(C)CCCC3C)c(C)nc2c1. The van der Waals surface area contributed by atoms with Gasteiger partial charge in [0, 0.05) is 18.3 Å². The molecule has 4 nitrogen and oxygen atoms in total. The number of rotatable bonds is 1. The molecular weight excluding hydrogens is 262 g/mol. The predicted octanol–water partition coefficient (Wildman–Crippen LogP) is 3.35.